The van der Waals surface area contributed by atoms with E-state index in [1.807, 2.05) is 12.1 Å². The Hall–Kier alpha value is -1.02. The standard InChI is InChI=1S/C17H25NO/c1-4-12-7-8-18(3)16-9-13-5-6-14(19)10-15(13)11(2)17(12)16/h5-6,10-12,16-17,19H,4,7-9H2,1-3H3/t11-,12-,16-,17-/m1/s1. The maximum absolute atomic E-state index is 9.77. The van der Waals surface area contributed by atoms with Crippen molar-refractivity contribution in [1.82, 2.24) is 4.90 Å². The molecule has 1 aliphatic carbocycles. The molecule has 1 heterocycles. The third-order valence-corrected chi connectivity index (χ3v) is 5.56. The van der Waals surface area contributed by atoms with Gasteiger partial charge in [-0.2, -0.15) is 0 Å². The monoisotopic (exact) mass is 259 g/mol. The van der Waals surface area contributed by atoms with Crippen LogP contribution in [0.15, 0.2) is 18.2 Å². The molecule has 0 amide bonds. The molecule has 0 radical (unpaired) electrons. The lowest BCUT2D eigenvalue weighted by Gasteiger charge is -2.50. The molecule has 3 rings (SSSR count). The Kier molecular flexibility index (Phi) is 3.30. The van der Waals surface area contributed by atoms with Gasteiger partial charge in [0.05, 0.1) is 0 Å². The molecular formula is C17H25NO. The van der Waals surface area contributed by atoms with Gasteiger partial charge in [0.25, 0.3) is 0 Å². The maximum Gasteiger partial charge on any atom is 0.115 e. The van der Waals surface area contributed by atoms with Crippen LogP contribution >= 0.6 is 0 Å². The van der Waals surface area contributed by atoms with E-state index in [4.69, 9.17) is 0 Å². The van der Waals surface area contributed by atoms with E-state index in [2.05, 4.69) is 31.9 Å². The van der Waals surface area contributed by atoms with Crippen molar-refractivity contribution in [3.8, 4) is 5.75 Å². The van der Waals surface area contributed by atoms with Gasteiger partial charge in [0.2, 0.25) is 0 Å². The first kappa shape index (κ1) is 13.0. The van der Waals surface area contributed by atoms with Crippen LogP contribution in [0.25, 0.3) is 0 Å². The average Bonchev–Trinajstić information content (AvgIpc) is 2.41. The van der Waals surface area contributed by atoms with Crippen molar-refractivity contribution >= 4 is 0 Å². The fourth-order valence-corrected chi connectivity index (χ4v) is 4.47. The normalized spacial score (nSPS) is 34.7. The molecule has 0 spiro atoms. The van der Waals surface area contributed by atoms with Gasteiger partial charge >= 0.3 is 0 Å². The quantitative estimate of drug-likeness (QED) is 0.835. The summed E-state index contributed by atoms with van der Waals surface area (Å²) in [6, 6.07) is 6.65. The lowest BCUT2D eigenvalue weighted by atomic mass is 9.64. The molecule has 0 unspecified atom stereocenters. The van der Waals surface area contributed by atoms with Crippen LogP contribution in [0.1, 0.15) is 43.7 Å². The van der Waals surface area contributed by atoms with Crippen LogP contribution in [-0.4, -0.2) is 29.6 Å². The molecule has 104 valence electrons. The van der Waals surface area contributed by atoms with E-state index in [1.165, 1.54) is 30.5 Å². The fraction of sp³-hybridized carbons (Fsp3) is 0.647. The van der Waals surface area contributed by atoms with Crippen LogP contribution in [0.2, 0.25) is 0 Å². The lowest BCUT2D eigenvalue weighted by molar-refractivity contribution is 0.0447. The SMILES string of the molecule is CC[C@@H]1CCN(C)[C@@H]2Cc3ccc(O)cc3[C@@H](C)[C@H]12. The molecule has 1 fully saturated rings. The van der Waals surface area contributed by atoms with Gasteiger partial charge in [-0.3, -0.25) is 0 Å². The number of benzene rings is 1. The second kappa shape index (κ2) is 4.82. The lowest BCUT2D eigenvalue weighted by Crippen LogP contribution is -2.52. The smallest absolute Gasteiger partial charge is 0.115 e. The van der Waals surface area contributed by atoms with Crippen molar-refractivity contribution in [3.63, 3.8) is 0 Å². The van der Waals surface area contributed by atoms with Gasteiger partial charge in [-0.15, -0.1) is 0 Å². The third-order valence-electron chi connectivity index (χ3n) is 5.56. The largest absolute Gasteiger partial charge is 0.508 e. The summed E-state index contributed by atoms with van der Waals surface area (Å²) in [7, 11) is 2.28. The van der Waals surface area contributed by atoms with E-state index >= 15 is 0 Å². The average molecular weight is 259 g/mol. The number of piperidine rings is 1. The highest BCUT2D eigenvalue weighted by Crippen LogP contribution is 2.46. The number of nitrogens with zero attached hydrogens (tertiary/aromatic N) is 1. The summed E-state index contributed by atoms with van der Waals surface area (Å²) in [5, 5.41) is 9.77. The Morgan fingerprint density at radius 2 is 2.16 bits per heavy atom. The molecular weight excluding hydrogens is 234 g/mol. The van der Waals surface area contributed by atoms with E-state index in [-0.39, 0.29) is 0 Å². The van der Waals surface area contributed by atoms with Crippen molar-refractivity contribution in [1.29, 1.82) is 0 Å². The van der Waals surface area contributed by atoms with E-state index < -0.39 is 0 Å². The van der Waals surface area contributed by atoms with Gasteiger partial charge in [0.15, 0.2) is 0 Å². The van der Waals surface area contributed by atoms with Crippen molar-refractivity contribution < 1.29 is 5.11 Å². The predicted octanol–water partition coefficient (Wildman–Crippen LogP) is 3.40. The van der Waals surface area contributed by atoms with Crippen molar-refractivity contribution in [2.24, 2.45) is 11.8 Å². The zero-order valence-electron chi connectivity index (χ0n) is 12.3. The summed E-state index contributed by atoms with van der Waals surface area (Å²) in [4.78, 5) is 2.56. The number of rotatable bonds is 1. The minimum absolute atomic E-state index is 0.418. The maximum atomic E-state index is 9.77. The molecule has 1 N–H and O–H groups in total. The van der Waals surface area contributed by atoms with Gasteiger partial charge < -0.3 is 10.0 Å². The highest BCUT2D eigenvalue weighted by molar-refractivity contribution is 5.40. The van der Waals surface area contributed by atoms with Crippen LogP contribution < -0.4 is 0 Å². The molecule has 2 nitrogen and oxygen atoms in total. The van der Waals surface area contributed by atoms with Crippen molar-refractivity contribution in [3.05, 3.63) is 29.3 Å². The first-order chi connectivity index (χ1) is 9.11. The van der Waals surface area contributed by atoms with E-state index in [0.29, 0.717) is 17.7 Å². The minimum atomic E-state index is 0.418. The second-order valence-electron chi connectivity index (χ2n) is 6.46. The molecule has 1 aliphatic heterocycles. The number of likely N-dealkylation sites (N-methyl/N-ethyl adjacent to an activating group) is 1. The number of hydrogen-bond donors (Lipinski definition) is 1. The van der Waals surface area contributed by atoms with Gasteiger partial charge in [0, 0.05) is 6.04 Å². The zero-order valence-corrected chi connectivity index (χ0v) is 12.3. The van der Waals surface area contributed by atoms with Crippen molar-refractivity contribution in [2.45, 2.75) is 45.1 Å². The van der Waals surface area contributed by atoms with Crippen molar-refractivity contribution in [2.75, 3.05) is 13.6 Å². The summed E-state index contributed by atoms with van der Waals surface area (Å²) < 4.78 is 0. The molecule has 0 bridgehead atoms. The van der Waals surface area contributed by atoms with Crippen LogP contribution in [-0.2, 0) is 6.42 Å². The highest BCUT2D eigenvalue weighted by Gasteiger charge is 2.42. The molecule has 2 aliphatic rings. The molecule has 1 aromatic rings. The first-order valence-electron chi connectivity index (χ1n) is 7.63. The van der Waals surface area contributed by atoms with Crippen LogP contribution in [0.3, 0.4) is 0 Å². The van der Waals surface area contributed by atoms with Crippen LogP contribution in [0.4, 0.5) is 0 Å². The molecule has 1 aromatic carbocycles. The molecule has 0 saturated carbocycles. The Bertz CT molecular complexity index is 470. The second-order valence-corrected chi connectivity index (χ2v) is 6.46. The summed E-state index contributed by atoms with van der Waals surface area (Å²) in [5.74, 6) is 2.57. The Balaban J connectivity index is 2.02. The van der Waals surface area contributed by atoms with Gasteiger partial charge in [-0.25, -0.2) is 0 Å². The van der Waals surface area contributed by atoms with E-state index in [1.54, 1.807) is 0 Å². The number of likely N-dealkylation sites (tertiary alicyclic amines) is 1. The summed E-state index contributed by atoms with van der Waals surface area (Å²) in [6.45, 7) is 5.93. The summed E-state index contributed by atoms with van der Waals surface area (Å²) in [5.41, 5.74) is 2.82. The summed E-state index contributed by atoms with van der Waals surface area (Å²) in [6.07, 6.45) is 3.76. The number of fused-ring (bicyclic) bond motifs is 2. The predicted molar refractivity (Wildman–Crippen MR) is 78.5 cm³/mol. The number of phenols is 1. The Morgan fingerprint density at radius 3 is 2.89 bits per heavy atom. The topological polar surface area (TPSA) is 23.5 Å². The molecule has 1 saturated heterocycles. The Morgan fingerprint density at radius 1 is 1.37 bits per heavy atom. The van der Waals surface area contributed by atoms with Gasteiger partial charge in [-0.05, 0) is 67.4 Å². The molecule has 19 heavy (non-hydrogen) atoms. The number of phenolic OH excluding ortho intramolecular Hbond substituents is 1. The Labute approximate surface area is 116 Å². The molecule has 2 heteroatoms. The van der Waals surface area contributed by atoms with Gasteiger partial charge in [-0.1, -0.05) is 26.3 Å². The number of aromatic hydroxyl groups is 1. The number of hydrogen-bond acceptors (Lipinski definition) is 2. The molecule has 4 atom stereocenters. The van der Waals surface area contributed by atoms with Gasteiger partial charge in [0.1, 0.15) is 5.75 Å². The third kappa shape index (κ3) is 2.06. The van der Waals surface area contributed by atoms with E-state index in [9.17, 15) is 5.11 Å². The van der Waals surface area contributed by atoms with Crippen LogP contribution in [0, 0.1) is 11.8 Å². The van der Waals surface area contributed by atoms with Crippen LogP contribution in [0.5, 0.6) is 5.75 Å². The first-order valence-corrected chi connectivity index (χ1v) is 7.63. The fourth-order valence-electron chi connectivity index (χ4n) is 4.47. The summed E-state index contributed by atoms with van der Waals surface area (Å²) >= 11 is 0. The van der Waals surface area contributed by atoms with E-state index in [0.717, 1.165) is 18.3 Å². The molecule has 0 aromatic heterocycles. The highest BCUT2D eigenvalue weighted by atomic mass is 16.3. The minimum Gasteiger partial charge on any atom is -0.508 e. The zero-order chi connectivity index (χ0) is 13.6.